The summed E-state index contributed by atoms with van der Waals surface area (Å²) in [5.74, 6) is 1.58. The molecular formula is C25H35NO3. The monoisotopic (exact) mass is 397 g/mol. The van der Waals surface area contributed by atoms with Crippen molar-refractivity contribution in [3.05, 3.63) is 65.2 Å². The van der Waals surface area contributed by atoms with E-state index in [1.165, 1.54) is 11.1 Å². The maximum absolute atomic E-state index is 11.1. The largest absolute Gasteiger partial charge is 0.491 e. The maximum Gasteiger partial charge on any atom is 0.130 e. The molecule has 0 aromatic heterocycles. The highest BCUT2D eigenvalue weighted by Crippen LogP contribution is 2.16. The fourth-order valence-corrected chi connectivity index (χ4v) is 3.17. The molecule has 29 heavy (non-hydrogen) atoms. The van der Waals surface area contributed by atoms with Gasteiger partial charge in [0.05, 0.1) is 0 Å². The van der Waals surface area contributed by atoms with Crippen LogP contribution in [0.3, 0.4) is 0 Å². The number of aliphatic hydroxyl groups is 1. The fraction of sp³-hybridized carbons (Fsp3) is 0.480. The molecule has 158 valence electrons. The van der Waals surface area contributed by atoms with Crippen LogP contribution in [0.25, 0.3) is 0 Å². The number of benzene rings is 2. The molecule has 0 aliphatic carbocycles. The average Bonchev–Trinajstić information content (AvgIpc) is 2.69. The Morgan fingerprint density at radius 1 is 1.00 bits per heavy atom. The molecule has 0 aliphatic heterocycles. The quantitative estimate of drug-likeness (QED) is 0.554. The van der Waals surface area contributed by atoms with Crippen LogP contribution in [0.2, 0.25) is 0 Å². The van der Waals surface area contributed by atoms with E-state index in [-0.39, 0.29) is 18.4 Å². The van der Waals surface area contributed by atoms with E-state index in [1.54, 1.807) is 6.92 Å². The SMILES string of the molecule is CC(=O)CCc1ccc(OC[C@H](O)CN[C@@H](C)c2ccc(CC(C)C)cc2)cc1. The molecule has 0 spiro atoms. The summed E-state index contributed by atoms with van der Waals surface area (Å²) in [6, 6.07) is 16.6. The van der Waals surface area contributed by atoms with Gasteiger partial charge < -0.3 is 20.0 Å². The Bertz CT molecular complexity index is 738. The summed E-state index contributed by atoms with van der Waals surface area (Å²) in [5.41, 5.74) is 3.69. The minimum Gasteiger partial charge on any atom is -0.491 e. The number of hydrogen-bond donors (Lipinski definition) is 2. The van der Waals surface area contributed by atoms with Gasteiger partial charge in [-0.15, -0.1) is 0 Å². The summed E-state index contributed by atoms with van der Waals surface area (Å²) >= 11 is 0. The van der Waals surface area contributed by atoms with Crippen molar-refractivity contribution in [1.29, 1.82) is 0 Å². The number of nitrogens with one attached hydrogen (secondary N) is 1. The van der Waals surface area contributed by atoms with Crippen LogP contribution < -0.4 is 10.1 Å². The molecular weight excluding hydrogens is 362 g/mol. The van der Waals surface area contributed by atoms with Crippen LogP contribution in [0.1, 0.15) is 56.8 Å². The Labute approximate surface area is 175 Å². The molecule has 0 bridgehead atoms. The Kier molecular flexibility index (Phi) is 9.36. The van der Waals surface area contributed by atoms with Crippen molar-refractivity contribution in [2.24, 2.45) is 5.92 Å². The predicted octanol–water partition coefficient (Wildman–Crippen LogP) is 4.50. The molecule has 4 nitrogen and oxygen atoms in total. The average molecular weight is 398 g/mol. The molecule has 2 aromatic carbocycles. The second-order valence-corrected chi connectivity index (χ2v) is 8.28. The number of carbonyl (C=O) groups excluding carboxylic acids is 1. The molecule has 0 radical (unpaired) electrons. The number of aliphatic hydroxyl groups excluding tert-OH is 1. The Hall–Kier alpha value is -2.17. The van der Waals surface area contributed by atoms with Crippen molar-refractivity contribution >= 4 is 5.78 Å². The van der Waals surface area contributed by atoms with Crippen molar-refractivity contribution in [2.45, 2.75) is 59.1 Å². The van der Waals surface area contributed by atoms with Gasteiger partial charge in [-0.2, -0.15) is 0 Å². The summed E-state index contributed by atoms with van der Waals surface area (Å²) in [4.78, 5) is 11.1. The maximum atomic E-state index is 11.1. The third kappa shape index (κ3) is 8.80. The molecule has 0 amide bonds. The van der Waals surface area contributed by atoms with Crippen LogP contribution in [0.5, 0.6) is 5.75 Å². The lowest BCUT2D eigenvalue weighted by molar-refractivity contribution is -0.116. The number of ketones is 1. The highest BCUT2D eigenvalue weighted by molar-refractivity contribution is 5.75. The lowest BCUT2D eigenvalue weighted by atomic mass is 10.00. The van der Waals surface area contributed by atoms with Crippen molar-refractivity contribution in [1.82, 2.24) is 5.32 Å². The van der Waals surface area contributed by atoms with E-state index in [2.05, 4.69) is 50.4 Å². The number of rotatable bonds is 12. The van der Waals surface area contributed by atoms with Gasteiger partial charge >= 0.3 is 0 Å². The smallest absolute Gasteiger partial charge is 0.130 e. The second-order valence-electron chi connectivity index (χ2n) is 8.28. The van der Waals surface area contributed by atoms with Gasteiger partial charge in [0.2, 0.25) is 0 Å². The van der Waals surface area contributed by atoms with Crippen LogP contribution >= 0.6 is 0 Å². The first kappa shape index (κ1) is 23.1. The van der Waals surface area contributed by atoms with E-state index in [4.69, 9.17) is 4.74 Å². The van der Waals surface area contributed by atoms with E-state index in [0.29, 0.717) is 18.9 Å². The van der Waals surface area contributed by atoms with Crippen molar-refractivity contribution in [2.75, 3.05) is 13.2 Å². The number of carbonyl (C=O) groups is 1. The zero-order valence-corrected chi connectivity index (χ0v) is 18.2. The van der Waals surface area contributed by atoms with Crippen LogP contribution in [-0.4, -0.2) is 30.1 Å². The van der Waals surface area contributed by atoms with Crippen LogP contribution in [0.4, 0.5) is 0 Å². The minimum absolute atomic E-state index is 0.165. The number of hydrogen-bond acceptors (Lipinski definition) is 4. The molecule has 0 fully saturated rings. The second kappa shape index (κ2) is 11.7. The first-order chi connectivity index (χ1) is 13.8. The number of aryl methyl sites for hydroxylation is 1. The normalized spacial score (nSPS) is 13.3. The summed E-state index contributed by atoms with van der Waals surface area (Å²) in [6.45, 7) is 8.86. The molecule has 0 heterocycles. The third-order valence-electron chi connectivity index (χ3n) is 4.91. The lowest BCUT2D eigenvalue weighted by Crippen LogP contribution is -2.33. The van der Waals surface area contributed by atoms with Gasteiger partial charge in [0.1, 0.15) is 24.2 Å². The lowest BCUT2D eigenvalue weighted by Gasteiger charge is -2.18. The van der Waals surface area contributed by atoms with Gasteiger partial charge in [0.15, 0.2) is 0 Å². The standard InChI is InChI=1S/C25H35NO3/c1-18(2)15-22-7-11-23(12-8-22)20(4)26-16-24(28)17-29-25-13-9-21(10-14-25)6-5-19(3)27/h7-14,18,20,24,26,28H,5-6,15-17H2,1-4H3/t20-,24+/m0/s1. The fourth-order valence-electron chi connectivity index (χ4n) is 3.17. The number of Topliss-reactive ketones (excluding diaryl/α,β-unsaturated/α-hetero) is 1. The van der Waals surface area contributed by atoms with Crippen LogP contribution in [-0.2, 0) is 17.6 Å². The van der Waals surface area contributed by atoms with Crippen molar-refractivity contribution in [3.63, 3.8) is 0 Å². The summed E-state index contributed by atoms with van der Waals surface area (Å²) in [5, 5.41) is 13.6. The van der Waals surface area contributed by atoms with Crippen molar-refractivity contribution < 1.29 is 14.6 Å². The van der Waals surface area contributed by atoms with E-state index >= 15 is 0 Å². The van der Waals surface area contributed by atoms with Gasteiger partial charge in [-0.3, -0.25) is 0 Å². The Morgan fingerprint density at radius 3 is 2.21 bits per heavy atom. The Morgan fingerprint density at radius 2 is 1.62 bits per heavy atom. The molecule has 4 heteroatoms. The zero-order valence-electron chi connectivity index (χ0n) is 18.2. The highest BCUT2D eigenvalue weighted by Gasteiger charge is 2.10. The van der Waals surface area contributed by atoms with Gasteiger partial charge in [0.25, 0.3) is 0 Å². The molecule has 2 aromatic rings. The van der Waals surface area contributed by atoms with E-state index in [9.17, 15) is 9.90 Å². The highest BCUT2D eigenvalue weighted by atomic mass is 16.5. The minimum atomic E-state index is -0.588. The van der Waals surface area contributed by atoms with Gasteiger partial charge in [-0.1, -0.05) is 50.2 Å². The van der Waals surface area contributed by atoms with E-state index in [1.807, 2.05) is 24.3 Å². The molecule has 2 N–H and O–H groups in total. The summed E-state index contributed by atoms with van der Waals surface area (Å²) in [6.07, 6.45) is 1.81. The number of ether oxygens (including phenoxy) is 1. The van der Waals surface area contributed by atoms with Crippen molar-refractivity contribution in [3.8, 4) is 5.75 Å². The molecule has 0 saturated carbocycles. The predicted molar refractivity (Wildman–Crippen MR) is 118 cm³/mol. The van der Waals surface area contributed by atoms with E-state index in [0.717, 1.165) is 24.2 Å². The van der Waals surface area contributed by atoms with Gasteiger partial charge in [0, 0.05) is 19.0 Å². The summed E-state index contributed by atoms with van der Waals surface area (Å²) < 4.78 is 5.68. The molecule has 2 rings (SSSR count). The molecule has 0 aliphatic rings. The van der Waals surface area contributed by atoms with Crippen LogP contribution in [0.15, 0.2) is 48.5 Å². The molecule has 0 unspecified atom stereocenters. The van der Waals surface area contributed by atoms with Gasteiger partial charge in [-0.05, 0) is 61.4 Å². The first-order valence-corrected chi connectivity index (χ1v) is 10.5. The molecule has 2 atom stereocenters. The Balaban J connectivity index is 1.72. The topological polar surface area (TPSA) is 58.6 Å². The molecule has 0 saturated heterocycles. The summed E-state index contributed by atoms with van der Waals surface area (Å²) in [7, 11) is 0. The third-order valence-corrected chi connectivity index (χ3v) is 4.91. The van der Waals surface area contributed by atoms with E-state index < -0.39 is 6.10 Å². The first-order valence-electron chi connectivity index (χ1n) is 10.5. The van der Waals surface area contributed by atoms with Crippen LogP contribution in [0, 0.1) is 5.92 Å². The zero-order chi connectivity index (χ0) is 21.2. The van der Waals surface area contributed by atoms with Gasteiger partial charge in [-0.25, -0.2) is 0 Å².